The van der Waals surface area contributed by atoms with Crippen LogP contribution in [0, 0.1) is 0 Å². The molecule has 7 heteroatoms. The van der Waals surface area contributed by atoms with Gasteiger partial charge in [-0.1, -0.05) is 11.6 Å². The largest absolute Gasteiger partial charge is 0.268 e. The number of benzene rings is 1. The highest BCUT2D eigenvalue weighted by atomic mass is 35.5. The zero-order valence-electron chi connectivity index (χ0n) is 10.8. The zero-order chi connectivity index (χ0) is 14.1. The van der Waals surface area contributed by atoms with Crippen molar-refractivity contribution in [2.45, 2.75) is 11.0 Å². The van der Waals surface area contributed by atoms with Crippen LogP contribution in [0.4, 0.5) is 5.69 Å². The summed E-state index contributed by atoms with van der Waals surface area (Å²) >= 11 is 9.49. The third-order valence-electron chi connectivity index (χ3n) is 2.84. The number of nitrogens with zero attached hydrogens (tertiary/aromatic N) is 1. The SMILES string of the molecule is CC1(CN(c2ccc(Cl)cc2)S(C)(=O)=O)SCCS1. The normalized spacial score (nSPS) is 18.5. The fraction of sp³-hybridized carbons (Fsp3) is 0.500. The molecule has 0 amide bonds. The molecule has 0 spiro atoms. The van der Waals surface area contributed by atoms with Crippen LogP contribution in [0.25, 0.3) is 0 Å². The summed E-state index contributed by atoms with van der Waals surface area (Å²) in [5.41, 5.74) is 0.668. The topological polar surface area (TPSA) is 37.4 Å². The van der Waals surface area contributed by atoms with Gasteiger partial charge in [0.1, 0.15) is 0 Å². The van der Waals surface area contributed by atoms with Gasteiger partial charge in [-0.25, -0.2) is 8.42 Å². The molecule has 0 aromatic heterocycles. The molecule has 0 atom stereocenters. The van der Waals surface area contributed by atoms with Crippen molar-refractivity contribution < 1.29 is 8.42 Å². The van der Waals surface area contributed by atoms with Crippen LogP contribution >= 0.6 is 35.1 Å². The number of halogens is 1. The van der Waals surface area contributed by atoms with Gasteiger partial charge in [-0.15, -0.1) is 23.5 Å². The molecule has 0 bridgehead atoms. The minimum absolute atomic E-state index is 0.0806. The van der Waals surface area contributed by atoms with Crippen LogP contribution in [0.3, 0.4) is 0 Å². The summed E-state index contributed by atoms with van der Waals surface area (Å²) in [7, 11) is -3.29. The van der Waals surface area contributed by atoms with Crippen molar-refractivity contribution in [1.29, 1.82) is 0 Å². The highest BCUT2D eigenvalue weighted by Crippen LogP contribution is 2.44. The first-order valence-electron chi connectivity index (χ1n) is 5.81. The average Bonchev–Trinajstić information content (AvgIpc) is 2.74. The fourth-order valence-corrected chi connectivity index (χ4v) is 6.01. The first kappa shape index (κ1) is 15.4. The van der Waals surface area contributed by atoms with E-state index in [0.29, 0.717) is 17.3 Å². The summed E-state index contributed by atoms with van der Waals surface area (Å²) in [6.07, 6.45) is 1.25. The van der Waals surface area contributed by atoms with Crippen molar-refractivity contribution >= 4 is 50.8 Å². The van der Waals surface area contributed by atoms with Crippen LogP contribution in [-0.4, -0.2) is 36.8 Å². The number of thioether (sulfide) groups is 2. The molecule has 1 aliphatic rings. The van der Waals surface area contributed by atoms with Crippen molar-refractivity contribution in [3.05, 3.63) is 29.3 Å². The van der Waals surface area contributed by atoms with Crippen LogP contribution in [0.1, 0.15) is 6.92 Å². The van der Waals surface area contributed by atoms with Gasteiger partial charge in [0.25, 0.3) is 0 Å². The Balaban J connectivity index is 2.29. The molecule has 1 aromatic carbocycles. The lowest BCUT2D eigenvalue weighted by atomic mass is 10.3. The smallest absolute Gasteiger partial charge is 0.232 e. The number of hydrogen-bond acceptors (Lipinski definition) is 4. The predicted molar refractivity (Wildman–Crippen MR) is 87.0 cm³/mol. The van der Waals surface area contributed by atoms with Gasteiger partial charge in [-0.2, -0.15) is 0 Å². The number of sulfonamides is 1. The third kappa shape index (κ3) is 3.97. The number of hydrogen-bond donors (Lipinski definition) is 0. The molecule has 0 N–H and O–H groups in total. The molecule has 3 nitrogen and oxygen atoms in total. The second-order valence-corrected chi connectivity index (χ2v) is 10.4. The van der Waals surface area contributed by atoms with Gasteiger partial charge in [-0.3, -0.25) is 4.31 Å². The van der Waals surface area contributed by atoms with Gasteiger partial charge < -0.3 is 0 Å². The molecule has 1 saturated heterocycles. The molecule has 0 radical (unpaired) electrons. The molecule has 19 heavy (non-hydrogen) atoms. The van der Waals surface area contributed by atoms with E-state index < -0.39 is 10.0 Å². The van der Waals surface area contributed by atoms with E-state index in [4.69, 9.17) is 11.6 Å². The Bertz CT molecular complexity index is 539. The average molecular weight is 338 g/mol. The van der Waals surface area contributed by atoms with Gasteiger partial charge >= 0.3 is 0 Å². The molecule has 1 fully saturated rings. The maximum atomic E-state index is 12.0. The Morgan fingerprint density at radius 3 is 2.26 bits per heavy atom. The van der Waals surface area contributed by atoms with Crippen LogP contribution in [0.2, 0.25) is 5.02 Å². The van der Waals surface area contributed by atoms with Gasteiger partial charge in [-0.05, 0) is 31.2 Å². The summed E-state index contributed by atoms with van der Waals surface area (Å²) in [6.45, 7) is 2.58. The van der Waals surface area contributed by atoms with Crippen LogP contribution in [-0.2, 0) is 10.0 Å². The molecule has 0 saturated carbocycles. The second-order valence-electron chi connectivity index (χ2n) is 4.58. The molecular formula is C12H16ClNO2S3. The highest BCUT2D eigenvalue weighted by molar-refractivity contribution is 8.21. The lowest BCUT2D eigenvalue weighted by molar-refractivity contribution is 0.595. The lowest BCUT2D eigenvalue weighted by Gasteiger charge is -2.31. The van der Waals surface area contributed by atoms with Crippen molar-refractivity contribution in [3.63, 3.8) is 0 Å². The second kappa shape index (κ2) is 5.76. The van der Waals surface area contributed by atoms with E-state index in [1.165, 1.54) is 10.6 Å². The van der Waals surface area contributed by atoms with Crippen LogP contribution < -0.4 is 4.31 Å². The minimum Gasteiger partial charge on any atom is -0.268 e. The van der Waals surface area contributed by atoms with Crippen molar-refractivity contribution in [1.82, 2.24) is 0 Å². The predicted octanol–water partition coefficient (Wildman–Crippen LogP) is 3.30. The van der Waals surface area contributed by atoms with Gasteiger partial charge in [0.2, 0.25) is 10.0 Å². The van der Waals surface area contributed by atoms with E-state index in [9.17, 15) is 8.42 Å². The van der Waals surface area contributed by atoms with Crippen LogP contribution in [0.5, 0.6) is 0 Å². The summed E-state index contributed by atoms with van der Waals surface area (Å²) in [6, 6.07) is 6.92. The molecular weight excluding hydrogens is 322 g/mol. The summed E-state index contributed by atoms with van der Waals surface area (Å²) in [5.74, 6) is 2.14. The first-order valence-corrected chi connectivity index (χ1v) is 10.0. The van der Waals surface area contributed by atoms with Crippen molar-refractivity contribution in [2.75, 3.05) is 28.6 Å². The minimum atomic E-state index is -3.29. The Kier molecular flexibility index (Phi) is 4.65. The van der Waals surface area contributed by atoms with E-state index in [1.54, 1.807) is 24.3 Å². The van der Waals surface area contributed by atoms with Crippen LogP contribution in [0.15, 0.2) is 24.3 Å². The van der Waals surface area contributed by atoms with Gasteiger partial charge in [0.15, 0.2) is 0 Å². The van der Waals surface area contributed by atoms with Gasteiger partial charge in [0, 0.05) is 16.5 Å². The van der Waals surface area contributed by atoms with Gasteiger partial charge in [0.05, 0.1) is 22.6 Å². The summed E-state index contributed by atoms with van der Waals surface area (Å²) in [4.78, 5) is 0. The standard InChI is InChI=1S/C12H16ClNO2S3/c1-12(17-7-8-18-12)9-14(19(2,15)16)11-5-3-10(13)4-6-11/h3-6H,7-9H2,1-2H3. The Morgan fingerprint density at radius 2 is 1.79 bits per heavy atom. The van der Waals surface area contributed by atoms with E-state index in [2.05, 4.69) is 6.92 Å². The third-order valence-corrected chi connectivity index (χ3v) is 7.50. The quantitative estimate of drug-likeness (QED) is 0.844. The molecule has 1 aromatic rings. The maximum absolute atomic E-state index is 12.0. The Labute approximate surface area is 128 Å². The van der Waals surface area contributed by atoms with E-state index in [-0.39, 0.29) is 4.08 Å². The van der Waals surface area contributed by atoms with E-state index in [1.807, 2.05) is 23.5 Å². The van der Waals surface area contributed by atoms with E-state index >= 15 is 0 Å². The highest BCUT2D eigenvalue weighted by Gasteiger charge is 2.35. The lowest BCUT2D eigenvalue weighted by Crippen LogP contribution is -2.39. The number of rotatable bonds is 4. The molecule has 2 rings (SSSR count). The fourth-order valence-electron chi connectivity index (χ4n) is 1.92. The Morgan fingerprint density at radius 1 is 1.26 bits per heavy atom. The maximum Gasteiger partial charge on any atom is 0.232 e. The molecule has 1 aliphatic heterocycles. The summed E-state index contributed by atoms with van der Waals surface area (Å²) < 4.78 is 25.4. The molecule has 106 valence electrons. The number of anilines is 1. The Hall–Kier alpha value is -0.0400. The molecule has 1 heterocycles. The monoisotopic (exact) mass is 337 g/mol. The van der Waals surface area contributed by atoms with E-state index in [0.717, 1.165) is 11.5 Å². The van der Waals surface area contributed by atoms with Crippen molar-refractivity contribution in [3.8, 4) is 0 Å². The van der Waals surface area contributed by atoms with Crippen molar-refractivity contribution in [2.24, 2.45) is 0 Å². The molecule has 0 aliphatic carbocycles. The first-order chi connectivity index (χ1) is 8.80. The zero-order valence-corrected chi connectivity index (χ0v) is 14.0. The molecule has 0 unspecified atom stereocenters. The summed E-state index contributed by atoms with van der Waals surface area (Å²) in [5, 5.41) is 0.605.